The molecule has 5 heteroatoms. The number of amides is 1. The molecule has 26 heavy (non-hydrogen) atoms. The second-order valence-electron chi connectivity index (χ2n) is 8.26. The average Bonchev–Trinajstić information content (AvgIpc) is 3.06. The molecule has 2 heterocycles. The highest BCUT2D eigenvalue weighted by atomic mass is 16.4. The van der Waals surface area contributed by atoms with E-state index in [0.717, 1.165) is 32.4 Å². The van der Waals surface area contributed by atoms with Gasteiger partial charge in [-0.3, -0.25) is 4.79 Å². The number of piperidine rings is 1. The molecular formula is C21H29N3O2. The predicted molar refractivity (Wildman–Crippen MR) is 101 cm³/mol. The van der Waals surface area contributed by atoms with Gasteiger partial charge in [0.1, 0.15) is 0 Å². The molecule has 1 saturated heterocycles. The van der Waals surface area contributed by atoms with Gasteiger partial charge in [0.2, 0.25) is 17.7 Å². The van der Waals surface area contributed by atoms with Gasteiger partial charge in [-0.15, -0.1) is 10.2 Å². The highest BCUT2D eigenvalue weighted by molar-refractivity contribution is 5.76. The summed E-state index contributed by atoms with van der Waals surface area (Å²) in [6, 6.07) is 8.66. The van der Waals surface area contributed by atoms with E-state index in [-0.39, 0.29) is 17.2 Å². The summed E-state index contributed by atoms with van der Waals surface area (Å²) in [5.74, 6) is 1.85. The Balaban J connectivity index is 1.47. The minimum Gasteiger partial charge on any atom is -0.425 e. The number of hydrogen-bond acceptors (Lipinski definition) is 4. The maximum absolute atomic E-state index is 12.5. The van der Waals surface area contributed by atoms with E-state index in [2.05, 4.69) is 55.2 Å². The Morgan fingerprint density at radius 1 is 1.15 bits per heavy atom. The van der Waals surface area contributed by atoms with Crippen LogP contribution in [0.15, 0.2) is 28.7 Å². The highest BCUT2D eigenvalue weighted by Crippen LogP contribution is 2.27. The topological polar surface area (TPSA) is 59.2 Å². The number of nitrogens with zero attached hydrogens (tertiary/aromatic N) is 3. The fraction of sp³-hybridized carbons (Fsp3) is 0.571. The van der Waals surface area contributed by atoms with Gasteiger partial charge < -0.3 is 9.32 Å². The Bertz CT molecular complexity index is 735. The van der Waals surface area contributed by atoms with E-state index in [9.17, 15) is 4.79 Å². The predicted octanol–water partition coefficient (Wildman–Crippen LogP) is 4.01. The third kappa shape index (κ3) is 4.51. The summed E-state index contributed by atoms with van der Waals surface area (Å²) in [6.07, 6.45) is 3.16. The molecule has 1 amide bonds. The molecule has 0 saturated carbocycles. The first-order chi connectivity index (χ1) is 12.3. The smallest absolute Gasteiger partial charge is 0.222 e. The van der Waals surface area contributed by atoms with Gasteiger partial charge in [0, 0.05) is 32.4 Å². The van der Waals surface area contributed by atoms with Crippen LogP contribution in [-0.4, -0.2) is 34.1 Å². The van der Waals surface area contributed by atoms with E-state index in [4.69, 9.17) is 4.42 Å². The summed E-state index contributed by atoms with van der Waals surface area (Å²) < 4.78 is 5.53. The molecule has 1 aromatic carbocycles. The molecule has 0 radical (unpaired) electrons. The van der Waals surface area contributed by atoms with Crippen molar-refractivity contribution in [1.29, 1.82) is 0 Å². The number of rotatable bonds is 4. The second-order valence-corrected chi connectivity index (χ2v) is 8.26. The number of benzene rings is 1. The first kappa shape index (κ1) is 18.6. The summed E-state index contributed by atoms with van der Waals surface area (Å²) in [7, 11) is 0. The molecule has 0 N–H and O–H groups in total. The summed E-state index contributed by atoms with van der Waals surface area (Å²) in [6.45, 7) is 9.99. The molecule has 0 atom stereocenters. The van der Waals surface area contributed by atoms with E-state index in [1.807, 2.05) is 11.8 Å². The number of likely N-dealkylation sites (tertiary alicyclic amines) is 1. The minimum atomic E-state index is 0.162. The summed E-state index contributed by atoms with van der Waals surface area (Å²) in [4.78, 5) is 14.5. The van der Waals surface area contributed by atoms with Gasteiger partial charge in [0.15, 0.2) is 0 Å². The van der Waals surface area contributed by atoms with Crippen molar-refractivity contribution in [3.8, 4) is 0 Å². The number of carbonyl (C=O) groups excluding carboxylic acids is 1. The first-order valence-electron chi connectivity index (χ1n) is 9.50. The van der Waals surface area contributed by atoms with Crippen molar-refractivity contribution >= 4 is 5.91 Å². The van der Waals surface area contributed by atoms with Crippen LogP contribution in [0.5, 0.6) is 0 Å². The SMILES string of the molecule is Cc1nnc(C2CCN(C(=O)CCc3ccc(C(C)(C)C)cc3)CC2)o1. The highest BCUT2D eigenvalue weighted by Gasteiger charge is 2.26. The van der Waals surface area contributed by atoms with Crippen molar-refractivity contribution < 1.29 is 9.21 Å². The standard InChI is InChI=1S/C21H29N3O2/c1-15-22-23-20(26-15)17-11-13-24(14-12-17)19(25)10-7-16-5-8-18(9-6-16)21(2,3)4/h5-6,8-9,17H,7,10-14H2,1-4H3. The van der Waals surface area contributed by atoms with E-state index < -0.39 is 0 Å². The van der Waals surface area contributed by atoms with Crippen LogP contribution in [0.25, 0.3) is 0 Å². The van der Waals surface area contributed by atoms with Crippen LogP contribution < -0.4 is 0 Å². The Hall–Kier alpha value is -2.17. The van der Waals surface area contributed by atoms with Gasteiger partial charge in [-0.1, -0.05) is 45.0 Å². The van der Waals surface area contributed by atoms with E-state index >= 15 is 0 Å². The van der Waals surface area contributed by atoms with Crippen LogP contribution in [0.3, 0.4) is 0 Å². The Labute approximate surface area is 155 Å². The zero-order valence-corrected chi connectivity index (χ0v) is 16.3. The van der Waals surface area contributed by atoms with E-state index in [1.54, 1.807) is 0 Å². The quantitative estimate of drug-likeness (QED) is 0.831. The molecule has 1 aromatic heterocycles. The largest absolute Gasteiger partial charge is 0.425 e. The molecule has 1 aliphatic heterocycles. The van der Waals surface area contributed by atoms with Crippen LogP contribution in [0.1, 0.15) is 68.9 Å². The van der Waals surface area contributed by atoms with E-state index in [1.165, 1.54) is 11.1 Å². The van der Waals surface area contributed by atoms with Crippen molar-refractivity contribution in [3.63, 3.8) is 0 Å². The second kappa shape index (κ2) is 7.60. The molecule has 0 spiro atoms. The van der Waals surface area contributed by atoms with Gasteiger partial charge in [0.25, 0.3) is 0 Å². The maximum atomic E-state index is 12.5. The van der Waals surface area contributed by atoms with Crippen molar-refractivity contribution in [1.82, 2.24) is 15.1 Å². The van der Waals surface area contributed by atoms with E-state index in [0.29, 0.717) is 18.2 Å². The summed E-state index contributed by atoms with van der Waals surface area (Å²) in [5, 5.41) is 8.02. The van der Waals surface area contributed by atoms with Crippen LogP contribution in [0, 0.1) is 6.92 Å². The molecule has 1 aliphatic rings. The van der Waals surface area contributed by atoms with Gasteiger partial charge in [-0.25, -0.2) is 0 Å². The Morgan fingerprint density at radius 3 is 2.35 bits per heavy atom. The molecule has 0 unspecified atom stereocenters. The first-order valence-corrected chi connectivity index (χ1v) is 9.50. The minimum absolute atomic E-state index is 0.162. The normalized spacial score (nSPS) is 16.1. The summed E-state index contributed by atoms with van der Waals surface area (Å²) in [5.41, 5.74) is 2.71. The average molecular weight is 355 g/mol. The lowest BCUT2D eigenvalue weighted by molar-refractivity contribution is -0.132. The molecule has 3 rings (SSSR count). The molecule has 1 fully saturated rings. The molecule has 0 aliphatic carbocycles. The number of hydrogen-bond donors (Lipinski definition) is 0. The molecule has 2 aromatic rings. The molecule has 140 valence electrons. The third-order valence-electron chi connectivity index (χ3n) is 5.19. The Kier molecular flexibility index (Phi) is 5.44. The van der Waals surface area contributed by atoms with Crippen LogP contribution in [0.4, 0.5) is 0 Å². The van der Waals surface area contributed by atoms with Crippen LogP contribution >= 0.6 is 0 Å². The van der Waals surface area contributed by atoms with Crippen molar-refractivity contribution in [2.75, 3.05) is 13.1 Å². The van der Waals surface area contributed by atoms with Gasteiger partial charge in [-0.05, 0) is 35.8 Å². The van der Waals surface area contributed by atoms with Crippen molar-refractivity contribution in [3.05, 3.63) is 47.2 Å². The van der Waals surface area contributed by atoms with Crippen LogP contribution in [0.2, 0.25) is 0 Å². The van der Waals surface area contributed by atoms with Crippen LogP contribution in [-0.2, 0) is 16.6 Å². The van der Waals surface area contributed by atoms with Gasteiger partial charge in [-0.2, -0.15) is 0 Å². The molecule has 0 bridgehead atoms. The lowest BCUT2D eigenvalue weighted by Gasteiger charge is -2.30. The zero-order chi connectivity index (χ0) is 18.7. The fourth-order valence-electron chi connectivity index (χ4n) is 3.43. The Morgan fingerprint density at radius 2 is 1.81 bits per heavy atom. The van der Waals surface area contributed by atoms with Gasteiger partial charge in [0.05, 0.1) is 0 Å². The molecule has 5 nitrogen and oxygen atoms in total. The van der Waals surface area contributed by atoms with Crippen molar-refractivity contribution in [2.45, 2.75) is 64.7 Å². The summed E-state index contributed by atoms with van der Waals surface area (Å²) >= 11 is 0. The van der Waals surface area contributed by atoms with Gasteiger partial charge >= 0.3 is 0 Å². The lowest BCUT2D eigenvalue weighted by atomic mass is 9.86. The zero-order valence-electron chi connectivity index (χ0n) is 16.3. The maximum Gasteiger partial charge on any atom is 0.222 e. The number of aromatic nitrogens is 2. The number of carbonyl (C=O) groups is 1. The monoisotopic (exact) mass is 355 g/mol. The fourth-order valence-corrected chi connectivity index (χ4v) is 3.43. The van der Waals surface area contributed by atoms with Crippen molar-refractivity contribution in [2.24, 2.45) is 0 Å². The number of aryl methyl sites for hydroxylation is 2. The lowest BCUT2D eigenvalue weighted by Crippen LogP contribution is -2.38. The third-order valence-corrected chi connectivity index (χ3v) is 5.19. The molecular weight excluding hydrogens is 326 g/mol.